The number of carboxylic acids is 1. The number of amides is 1. The van der Waals surface area contributed by atoms with Gasteiger partial charge in [-0.15, -0.1) is 0 Å². The van der Waals surface area contributed by atoms with E-state index in [0.717, 1.165) is 0 Å². The van der Waals surface area contributed by atoms with Gasteiger partial charge in [0.2, 0.25) is 0 Å². The molecule has 1 N–H and O–H groups in total. The molecule has 0 radical (unpaired) electrons. The molecule has 0 atom stereocenters. The van der Waals surface area contributed by atoms with E-state index >= 15 is 0 Å². The van der Waals surface area contributed by atoms with Crippen LogP contribution in [0.1, 0.15) is 33.2 Å². The second-order valence-corrected chi connectivity index (χ2v) is 7.27. The minimum atomic E-state index is -1.07. The van der Waals surface area contributed by atoms with Gasteiger partial charge in [0, 0.05) is 12.5 Å². The lowest BCUT2D eigenvalue weighted by Crippen LogP contribution is -2.39. The van der Waals surface area contributed by atoms with Gasteiger partial charge in [-0.25, -0.2) is 9.59 Å². The number of hydrogen-bond acceptors (Lipinski definition) is 4. The van der Waals surface area contributed by atoms with Crippen LogP contribution in [0.2, 0.25) is 0 Å². The second-order valence-electron chi connectivity index (χ2n) is 7.27. The van der Waals surface area contributed by atoms with E-state index < -0.39 is 12.1 Å². The molecule has 3 aromatic rings. The van der Waals surface area contributed by atoms with Crippen LogP contribution in [0.25, 0.3) is 11.1 Å². The standard InChI is InChI=1S/C22H19N3O4/c26-21(27)20-11-14-12-24(9-10-25(14)23-20)22(28)29-13-19-17-7-3-1-5-15(17)16-6-2-4-8-18(16)19/h1-8,11,19H,9-10,12-13H2,(H,26,27). The van der Waals surface area contributed by atoms with Crippen LogP contribution in [0.15, 0.2) is 54.6 Å². The molecule has 2 aromatic carbocycles. The van der Waals surface area contributed by atoms with Crippen molar-refractivity contribution in [2.75, 3.05) is 13.2 Å². The largest absolute Gasteiger partial charge is 0.476 e. The topological polar surface area (TPSA) is 84.7 Å². The van der Waals surface area contributed by atoms with E-state index in [0.29, 0.717) is 18.8 Å². The fourth-order valence-electron chi connectivity index (χ4n) is 4.21. The molecule has 146 valence electrons. The number of ether oxygens (including phenoxy) is 1. The lowest BCUT2D eigenvalue weighted by atomic mass is 9.98. The third-order valence-electron chi connectivity index (χ3n) is 5.61. The normalized spacial score (nSPS) is 14.8. The van der Waals surface area contributed by atoms with Gasteiger partial charge in [-0.1, -0.05) is 48.5 Å². The summed E-state index contributed by atoms with van der Waals surface area (Å²) >= 11 is 0. The van der Waals surface area contributed by atoms with E-state index in [1.165, 1.54) is 28.3 Å². The van der Waals surface area contributed by atoms with Gasteiger partial charge in [-0.3, -0.25) is 4.68 Å². The summed E-state index contributed by atoms with van der Waals surface area (Å²) in [4.78, 5) is 25.4. The van der Waals surface area contributed by atoms with E-state index in [4.69, 9.17) is 9.84 Å². The Labute approximate surface area is 167 Å². The van der Waals surface area contributed by atoms with E-state index in [1.807, 2.05) is 24.3 Å². The summed E-state index contributed by atoms with van der Waals surface area (Å²) in [5, 5.41) is 13.1. The van der Waals surface area contributed by atoms with E-state index in [-0.39, 0.29) is 24.8 Å². The average molecular weight is 389 g/mol. The van der Waals surface area contributed by atoms with Crippen LogP contribution in [0.4, 0.5) is 4.79 Å². The van der Waals surface area contributed by atoms with Gasteiger partial charge in [0.1, 0.15) is 6.61 Å². The molecule has 0 saturated heterocycles. The minimum Gasteiger partial charge on any atom is -0.476 e. The first-order valence-electron chi connectivity index (χ1n) is 9.52. The van der Waals surface area contributed by atoms with Crippen LogP contribution in [0.3, 0.4) is 0 Å². The Morgan fingerprint density at radius 2 is 1.69 bits per heavy atom. The maximum atomic E-state index is 12.7. The number of aromatic nitrogens is 2. The van der Waals surface area contributed by atoms with Crippen molar-refractivity contribution < 1.29 is 19.4 Å². The highest BCUT2D eigenvalue weighted by molar-refractivity contribution is 5.85. The molecule has 0 spiro atoms. The predicted molar refractivity (Wildman–Crippen MR) is 105 cm³/mol. The van der Waals surface area contributed by atoms with Gasteiger partial charge < -0.3 is 14.7 Å². The van der Waals surface area contributed by atoms with Gasteiger partial charge in [0.15, 0.2) is 5.69 Å². The lowest BCUT2D eigenvalue weighted by molar-refractivity contribution is 0.0688. The molecule has 0 bridgehead atoms. The van der Waals surface area contributed by atoms with Gasteiger partial charge in [-0.2, -0.15) is 5.10 Å². The van der Waals surface area contributed by atoms with Crippen molar-refractivity contribution in [2.24, 2.45) is 0 Å². The van der Waals surface area contributed by atoms with Gasteiger partial charge in [-0.05, 0) is 28.3 Å². The number of carboxylic acid groups (broad SMARTS) is 1. The Bertz CT molecular complexity index is 1080. The third-order valence-corrected chi connectivity index (χ3v) is 5.61. The third kappa shape index (κ3) is 2.95. The number of carbonyl (C=O) groups excluding carboxylic acids is 1. The summed E-state index contributed by atoms with van der Waals surface area (Å²) in [5.74, 6) is -1.06. The van der Waals surface area contributed by atoms with Gasteiger partial charge in [0.05, 0.1) is 18.8 Å². The molecule has 1 aliphatic carbocycles. The van der Waals surface area contributed by atoms with Crippen molar-refractivity contribution in [1.82, 2.24) is 14.7 Å². The molecule has 29 heavy (non-hydrogen) atoms. The predicted octanol–water partition coefficient (Wildman–Crippen LogP) is 3.35. The smallest absolute Gasteiger partial charge is 0.410 e. The maximum Gasteiger partial charge on any atom is 0.410 e. The number of carbonyl (C=O) groups is 2. The number of nitrogens with zero attached hydrogens (tertiary/aromatic N) is 3. The second kappa shape index (κ2) is 6.77. The highest BCUT2D eigenvalue weighted by Crippen LogP contribution is 2.44. The summed E-state index contributed by atoms with van der Waals surface area (Å²) in [6.07, 6.45) is -0.392. The summed E-state index contributed by atoms with van der Waals surface area (Å²) in [5.41, 5.74) is 5.41. The summed E-state index contributed by atoms with van der Waals surface area (Å²) in [7, 11) is 0. The molecular weight excluding hydrogens is 370 g/mol. The van der Waals surface area contributed by atoms with Crippen molar-refractivity contribution in [1.29, 1.82) is 0 Å². The molecule has 2 heterocycles. The van der Waals surface area contributed by atoms with Crippen LogP contribution in [0.5, 0.6) is 0 Å². The van der Waals surface area contributed by atoms with Crippen molar-refractivity contribution in [2.45, 2.75) is 19.0 Å². The molecule has 0 fully saturated rings. The zero-order valence-corrected chi connectivity index (χ0v) is 15.6. The van der Waals surface area contributed by atoms with Crippen LogP contribution in [0, 0.1) is 0 Å². The first-order chi connectivity index (χ1) is 14.1. The molecule has 5 rings (SSSR count). The van der Waals surface area contributed by atoms with E-state index in [9.17, 15) is 9.59 Å². The first kappa shape index (κ1) is 17.5. The summed E-state index contributed by atoms with van der Waals surface area (Å²) < 4.78 is 7.33. The Balaban J connectivity index is 1.31. The van der Waals surface area contributed by atoms with Crippen molar-refractivity contribution >= 4 is 12.1 Å². The summed E-state index contributed by atoms with van der Waals surface area (Å²) in [6.45, 7) is 1.44. The maximum absolute atomic E-state index is 12.7. The van der Waals surface area contributed by atoms with Crippen molar-refractivity contribution in [3.05, 3.63) is 77.1 Å². The Morgan fingerprint density at radius 1 is 1.03 bits per heavy atom. The quantitative estimate of drug-likeness (QED) is 0.743. The van der Waals surface area contributed by atoms with E-state index in [1.54, 1.807) is 9.58 Å². The Hall–Kier alpha value is -3.61. The van der Waals surface area contributed by atoms with Crippen molar-refractivity contribution in [3.8, 4) is 11.1 Å². The number of rotatable bonds is 3. The fourth-order valence-corrected chi connectivity index (χ4v) is 4.21. The molecular formula is C22H19N3O4. The number of aromatic carboxylic acids is 1. The molecule has 1 aliphatic heterocycles. The Morgan fingerprint density at radius 3 is 2.34 bits per heavy atom. The van der Waals surface area contributed by atoms with Crippen LogP contribution < -0.4 is 0 Å². The fraction of sp³-hybridized carbons (Fsp3) is 0.227. The monoisotopic (exact) mass is 389 g/mol. The van der Waals surface area contributed by atoms with Crippen molar-refractivity contribution in [3.63, 3.8) is 0 Å². The lowest BCUT2D eigenvalue weighted by Gasteiger charge is -2.27. The summed E-state index contributed by atoms with van der Waals surface area (Å²) in [6, 6.07) is 17.9. The highest BCUT2D eigenvalue weighted by Gasteiger charge is 2.30. The number of hydrogen-bond donors (Lipinski definition) is 1. The average Bonchev–Trinajstić information content (AvgIpc) is 3.31. The minimum absolute atomic E-state index is 0.00520. The molecule has 1 aromatic heterocycles. The molecule has 7 heteroatoms. The Kier molecular flexibility index (Phi) is 4.08. The van der Waals surface area contributed by atoms with Crippen LogP contribution >= 0.6 is 0 Å². The highest BCUT2D eigenvalue weighted by atomic mass is 16.6. The molecule has 7 nitrogen and oxygen atoms in total. The van der Waals surface area contributed by atoms with Gasteiger partial charge >= 0.3 is 12.1 Å². The SMILES string of the molecule is O=C(O)c1cc2n(n1)CCN(C(=O)OCC1c3ccccc3-c3ccccc31)C2. The number of fused-ring (bicyclic) bond motifs is 4. The zero-order valence-electron chi connectivity index (χ0n) is 15.6. The first-order valence-corrected chi connectivity index (χ1v) is 9.52. The molecule has 1 amide bonds. The van der Waals surface area contributed by atoms with Crippen LogP contribution in [-0.2, 0) is 17.8 Å². The molecule has 2 aliphatic rings. The number of benzene rings is 2. The van der Waals surface area contributed by atoms with Crippen LogP contribution in [-0.4, -0.2) is 45.0 Å². The zero-order chi connectivity index (χ0) is 20.0. The molecule has 0 unspecified atom stereocenters. The van der Waals surface area contributed by atoms with Gasteiger partial charge in [0.25, 0.3) is 0 Å². The van der Waals surface area contributed by atoms with E-state index in [2.05, 4.69) is 29.4 Å². The molecule has 0 saturated carbocycles.